The van der Waals surface area contributed by atoms with Crippen LogP contribution in [0, 0.1) is 11.8 Å². The summed E-state index contributed by atoms with van der Waals surface area (Å²) in [5, 5.41) is 61.1. The van der Waals surface area contributed by atoms with Crippen LogP contribution in [0.4, 0.5) is 0 Å². The smallest absolute Gasteiger partial charge is 0.394 e. The third-order valence-electron chi connectivity index (χ3n) is 12.1. The molecule has 0 aliphatic carbocycles. The van der Waals surface area contributed by atoms with Gasteiger partial charge in [0.25, 0.3) is 5.91 Å². The maximum absolute atomic E-state index is 13.6. The normalized spacial score (nSPS) is 31.7. The number of nitrogens with zero attached hydrogens (tertiary/aromatic N) is 2. The number of Topliss-reactive ketones (excluding diaryl/α,β-unsaturated/α-hetero) is 2. The molecular formula is C41H68N6O21P2S. The zero-order valence-corrected chi connectivity index (χ0v) is 42.7. The number of nitrogens with one attached hydrogen (secondary N) is 3. The largest absolute Gasteiger partial charge is 0.481 e. The van der Waals surface area contributed by atoms with Gasteiger partial charge in [0.05, 0.1) is 44.2 Å². The molecule has 0 aromatic rings. The second-order valence-corrected chi connectivity index (χ2v) is 22.3. The number of aliphatic imine (C=N–C) groups is 1. The summed E-state index contributed by atoms with van der Waals surface area (Å²) >= 11 is 1.40. The highest BCUT2D eigenvalue weighted by Gasteiger charge is 2.57. The van der Waals surface area contributed by atoms with Gasteiger partial charge in [-0.25, -0.2) is 8.88 Å². The number of ether oxygens (including phenoxy) is 4. The quantitative estimate of drug-likeness (QED) is 0.0128. The molecule has 404 valence electrons. The Morgan fingerprint density at radius 3 is 2.15 bits per heavy atom. The summed E-state index contributed by atoms with van der Waals surface area (Å²) in [5.41, 5.74) is 5.58. The molecule has 4 aliphatic rings. The maximum Gasteiger partial charge on any atom is 0.481 e. The van der Waals surface area contributed by atoms with E-state index < -0.39 is 137 Å². The minimum absolute atomic E-state index is 0.104. The number of carbonyl (C=O) groups excluding carboxylic acids is 6. The highest BCUT2D eigenvalue weighted by Crippen LogP contribution is 2.59. The van der Waals surface area contributed by atoms with Crippen molar-refractivity contribution in [3.63, 3.8) is 0 Å². The van der Waals surface area contributed by atoms with E-state index in [9.17, 15) is 73.2 Å². The zero-order valence-electron chi connectivity index (χ0n) is 40.1. The fraction of sp³-hybridized carbons (Fsp3) is 0.780. The first-order valence-electron chi connectivity index (χ1n) is 22.9. The Kier molecular flexibility index (Phi) is 22.7. The number of phosphoric ester groups is 1. The summed E-state index contributed by atoms with van der Waals surface area (Å²) in [6.45, 7) is 5.70. The van der Waals surface area contributed by atoms with Crippen LogP contribution >= 0.6 is 27.2 Å². The number of nitrogens with two attached hydrogens (primary N) is 1. The number of unbranched alkanes of at least 4 members (excludes halogenated alkanes) is 1. The highest BCUT2D eigenvalue weighted by molar-refractivity contribution is 8.03. The van der Waals surface area contributed by atoms with Crippen molar-refractivity contribution in [1.29, 1.82) is 0 Å². The van der Waals surface area contributed by atoms with Gasteiger partial charge in [-0.3, -0.25) is 42.8 Å². The van der Waals surface area contributed by atoms with Crippen LogP contribution in [0.5, 0.6) is 0 Å². The lowest BCUT2D eigenvalue weighted by atomic mass is 9.83. The second kappa shape index (κ2) is 26.8. The molecule has 4 rings (SSSR count). The predicted octanol–water partition coefficient (Wildman–Crippen LogP) is -2.36. The number of thioether (sulfide) groups is 1. The first kappa shape index (κ1) is 60.3. The number of rotatable bonds is 28. The number of carbonyl (C=O) groups is 6. The van der Waals surface area contributed by atoms with Gasteiger partial charge in [0.1, 0.15) is 66.3 Å². The minimum Gasteiger partial charge on any atom is -0.394 e. The molecule has 4 heterocycles. The van der Waals surface area contributed by atoms with Crippen molar-refractivity contribution in [1.82, 2.24) is 20.9 Å². The molecule has 12 N–H and O–H groups in total. The topological polar surface area (TPSA) is 411 Å². The summed E-state index contributed by atoms with van der Waals surface area (Å²) in [6.07, 6.45) is -13.5. The van der Waals surface area contributed by atoms with E-state index in [4.69, 9.17) is 29.2 Å². The standard InChI is InChI=1S/C41H68N6O21P2S/c1-19(50)24(9-7-8-12-44-38(57)33-29(71-14-13-43-18-42)15-25-30(20(2)51)39(58)47(25)33)10-11-26(54)21(3)63-37-32(46-23(5)53)40(64-27(16-48)34(37)55)66-36-28(17-49)65-41(31(35(36)56)45-22(4)52)67-70(61,62)68-69(6,59)60/h18,20-21,24-25,27-28,30-32,34-37,40-41,48-49,51,55-56H,7-17H2,1-6H3,(H2,42,43)(H,44,57)(H,45,52)(H,46,53)(H,59,60)(H,61,62)/t20-,21-,24-,25-,27?,28?,30-,31?,32?,34?,35?,36?,37?,40?,41?/m1/s1. The van der Waals surface area contributed by atoms with E-state index in [1.165, 1.54) is 36.8 Å². The van der Waals surface area contributed by atoms with Gasteiger partial charge in [0.15, 0.2) is 18.4 Å². The Balaban J connectivity index is 1.39. The number of amides is 4. The predicted molar refractivity (Wildman–Crippen MR) is 248 cm³/mol. The van der Waals surface area contributed by atoms with Gasteiger partial charge in [-0.05, 0) is 40.0 Å². The van der Waals surface area contributed by atoms with E-state index in [0.29, 0.717) is 49.6 Å². The van der Waals surface area contributed by atoms with Crippen molar-refractivity contribution in [2.24, 2.45) is 22.6 Å². The molecule has 3 saturated heterocycles. The van der Waals surface area contributed by atoms with Crippen LogP contribution in [0.2, 0.25) is 0 Å². The van der Waals surface area contributed by atoms with E-state index in [2.05, 4.69) is 25.3 Å². The van der Waals surface area contributed by atoms with E-state index in [-0.39, 0.29) is 42.8 Å². The summed E-state index contributed by atoms with van der Waals surface area (Å²) in [5.74, 6) is -3.69. The highest BCUT2D eigenvalue weighted by atomic mass is 32.2. The van der Waals surface area contributed by atoms with Crippen molar-refractivity contribution in [3.8, 4) is 0 Å². The van der Waals surface area contributed by atoms with Crippen molar-refractivity contribution in [2.45, 2.75) is 153 Å². The molecule has 0 aromatic carbocycles. The van der Waals surface area contributed by atoms with Crippen molar-refractivity contribution >= 4 is 68.7 Å². The van der Waals surface area contributed by atoms with Crippen LogP contribution in [0.1, 0.15) is 73.1 Å². The van der Waals surface area contributed by atoms with Crippen LogP contribution in [0.3, 0.4) is 0 Å². The number of β-lactam (4-membered cyclic amide) rings is 1. The lowest BCUT2D eigenvalue weighted by Gasteiger charge is -2.49. The fourth-order valence-corrected chi connectivity index (χ4v) is 12.0. The molecule has 0 radical (unpaired) electrons. The van der Waals surface area contributed by atoms with Crippen molar-refractivity contribution < 1.29 is 101 Å². The number of aliphatic hydroxyl groups is 5. The zero-order chi connectivity index (χ0) is 53.1. The number of hydrogen-bond donors (Lipinski definition) is 11. The molecular weight excluding hydrogens is 1010 g/mol. The maximum atomic E-state index is 13.6. The minimum atomic E-state index is -5.44. The number of phosphoric acid groups is 1. The molecule has 71 heavy (non-hydrogen) atoms. The van der Waals surface area contributed by atoms with E-state index in [0.717, 1.165) is 13.8 Å². The van der Waals surface area contributed by atoms with E-state index in [1.54, 1.807) is 6.92 Å². The Morgan fingerprint density at radius 2 is 1.58 bits per heavy atom. The van der Waals surface area contributed by atoms with Crippen LogP contribution in [0.25, 0.3) is 0 Å². The Hall–Kier alpha value is -3.28. The average Bonchev–Trinajstić information content (AvgIpc) is 3.59. The number of aliphatic hydroxyl groups excluding tert-OH is 5. The van der Waals surface area contributed by atoms with Gasteiger partial charge in [-0.2, -0.15) is 0 Å². The molecule has 27 nitrogen and oxygen atoms in total. The molecule has 30 heteroatoms. The van der Waals surface area contributed by atoms with Crippen LogP contribution in [0.15, 0.2) is 15.6 Å². The third kappa shape index (κ3) is 16.4. The summed E-state index contributed by atoms with van der Waals surface area (Å²) in [6, 6.07) is -3.65. The monoisotopic (exact) mass is 1070 g/mol. The van der Waals surface area contributed by atoms with Gasteiger partial charge in [-0.1, -0.05) is 6.42 Å². The SMILES string of the molecule is CC(=O)NC1C(OP(=O)(O)OP(C)(=O)O)OC(CO)C(OC2OC(CO)C(O)C(O[C@H](C)C(=O)CC[C@@H](CCCCNC(=O)C3=C(SCCN=CN)C[C@@H]4[C@@H]([C@@H](C)O)C(=O)N34)C(C)=O)C2NC(C)=O)C1O. The number of hydrogen-bond acceptors (Lipinski definition) is 21. The van der Waals surface area contributed by atoms with Crippen LogP contribution < -0.4 is 21.7 Å². The molecule has 4 amide bonds. The lowest BCUT2D eigenvalue weighted by Crippen LogP contribution is -2.69. The summed E-state index contributed by atoms with van der Waals surface area (Å²) in [7, 11) is -10.1. The van der Waals surface area contributed by atoms with Gasteiger partial charge in [0.2, 0.25) is 17.7 Å². The van der Waals surface area contributed by atoms with Gasteiger partial charge in [-0.15, -0.1) is 11.8 Å². The number of fused-ring (bicyclic) bond motifs is 1. The molecule has 0 saturated carbocycles. The van der Waals surface area contributed by atoms with Gasteiger partial charge >= 0.3 is 15.4 Å². The van der Waals surface area contributed by atoms with E-state index >= 15 is 0 Å². The average molecular weight is 1080 g/mol. The molecule has 0 aromatic heterocycles. The molecule has 4 aliphatic heterocycles. The van der Waals surface area contributed by atoms with Crippen LogP contribution in [-0.4, -0.2) is 200 Å². The Morgan fingerprint density at radius 1 is 0.944 bits per heavy atom. The van der Waals surface area contributed by atoms with Crippen molar-refractivity contribution in [2.75, 3.05) is 38.7 Å². The van der Waals surface area contributed by atoms with Gasteiger partial charge in [0, 0.05) is 56.5 Å². The number of ketones is 2. The molecule has 3 fully saturated rings. The van der Waals surface area contributed by atoms with Crippen LogP contribution in [-0.2, 0) is 65.7 Å². The molecule has 0 bridgehead atoms. The molecule has 17 atom stereocenters. The van der Waals surface area contributed by atoms with Gasteiger partial charge < -0.3 is 80.9 Å². The van der Waals surface area contributed by atoms with E-state index in [1.807, 2.05) is 0 Å². The lowest BCUT2D eigenvalue weighted by molar-refractivity contribution is -0.329. The third-order valence-corrected chi connectivity index (χ3v) is 15.7. The second-order valence-electron chi connectivity index (χ2n) is 17.7. The molecule has 12 unspecified atom stereocenters. The Bertz CT molecular complexity index is 2060. The van der Waals surface area contributed by atoms with Crippen molar-refractivity contribution in [3.05, 3.63) is 10.6 Å². The summed E-state index contributed by atoms with van der Waals surface area (Å²) in [4.78, 5) is 103. The Labute approximate surface area is 414 Å². The fourth-order valence-electron chi connectivity index (χ4n) is 8.80. The summed E-state index contributed by atoms with van der Waals surface area (Å²) < 4.78 is 56.8. The first-order chi connectivity index (χ1) is 33.2. The molecule has 0 spiro atoms. The first-order valence-corrected chi connectivity index (χ1v) is 27.4.